The molecule has 3 atom stereocenters. The lowest BCUT2D eigenvalue weighted by Crippen LogP contribution is -2.42. The van der Waals surface area contributed by atoms with Gasteiger partial charge in [-0.25, -0.2) is 0 Å². The van der Waals surface area contributed by atoms with Crippen molar-refractivity contribution in [2.75, 3.05) is 31.1 Å². The number of likely N-dealkylation sites (tertiary alicyclic amines) is 1. The number of hydrogen-bond acceptors (Lipinski definition) is 6. The highest BCUT2D eigenvalue weighted by Gasteiger charge is 2.41. The molecule has 2 fully saturated rings. The van der Waals surface area contributed by atoms with E-state index >= 15 is 0 Å². The Morgan fingerprint density at radius 3 is 1.79 bits per heavy atom. The van der Waals surface area contributed by atoms with Crippen molar-refractivity contribution in [1.29, 1.82) is 0 Å². The molecule has 2 aliphatic heterocycles. The maximum atomic E-state index is 9.65. The molecule has 2 heterocycles. The SMILES string of the molecule is CC.CC.CC.NC(N)/C(O)=C/C(N)N1CC2CN(c3ccccc3)CC2C1. The lowest BCUT2D eigenvalue weighted by Gasteiger charge is -2.26. The van der Waals surface area contributed by atoms with Gasteiger partial charge in [0.15, 0.2) is 0 Å². The summed E-state index contributed by atoms with van der Waals surface area (Å²) in [6.45, 7) is 16.0. The van der Waals surface area contributed by atoms with Crippen molar-refractivity contribution in [2.45, 2.75) is 53.9 Å². The van der Waals surface area contributed by atoms with Crippen molar-refractivity contribution in [3.63, 3.8) is 0 Å². The summed E-state index contributed by atoms with van der Waals surface area (Å²) in [6.07, 6.45) is 0.368. The fourth-order valence-corrected chi connectivity index (χ4v) is 3.51. The van der Waals surface area contributed by atoms with E-state index in [1.807, 2.05) is 47.6 Å². The molecule has 2 saturated heterocycles. The van der Waals surface area contributed by atoms with Crippen molar-refractivity contribution in [1.82, 2.24) is 4.90 Å². The van der Waals surface area contributed by atoms with Gasteiger partial charge in [0.2, 0.25) is 0 Å². The molecular formula is C22H43N5O. The first-order valence-corrected chi connectivity index (χ1v) is 10.8. The average molecular weight is 394 g/mol. The van der Waals surface area contributed by atoms with E-state index in [4.69, 9.17) is 17.2 Å². The Balaban J connectivity index is 0.00000111. The van der Waals surface area contributed by atoms with E-state index in [1.54, 1.807) is 6.08 Å². The van der Waals surface area contributed by atoms with Gasteiger partial charge in [-0.3, -0.25) is 4.90 Å². The molecule has 162 valence electrons. The molecule has 0 aliphatic carbocycles. The van der Waals surface area contributed by atoms with Crippen molar-refractivity contribution in [3.05, 3.63) is 42.2 Å². The first kappa shape index (κ1) is 26.4. The molecule has 1 aromatic rings. The Kier molecular flexibility index (Phi) is 13.6. The third-order valence-electron chi connectivity index (χ3n) is 4.74. The van der Waals surface area contributed by atoms with Gasteiger partial charge in [-0.2, -0.15) is 0 Å². The predicted octanol–water partition coefficient (Wildman–Crippen LogP) is 3.10. The van der Waals surface area contributed by atoms with Gasteiger partial charge in [0, 0.05) is 31.9 Å². The number of aliphatic hydroxyl groups excluding tert-OH is 1. The Bertz CT molecular complexity index is 521. The quantitative estimate of drug-likeness (QED) is 0.463. The van der Waals surface area contributed by atoms with Gasteiger partial charge in [-0.1, -0.05) is 59.7 Å². The Morgan fingerprint density at radius 1 is 0.893 bits per heavy atom. The summed E-state index contributed by atoms with van der Waals surface area (Å²) >= 11 is 0. The van der Waals surface area contributed by atoms with Gasteiger partial charge in [-0.05, 0) is 30.0 Å². The first-order valence-electron chi connectivity index (χ1n) is 10.8. The highest BCUT2D eigenvalue weighted by atomic mass is 16.3. The Hall–Kier alpha value is -1.60. The number of fused-ring (bicyclic) bond motifs is 1. The second kappa shape index (κ2) is 14.4. The van der Waals surface area contributed by atoms with Gasteiger partial charge in [0.25, 0.3) is 0 Å². The monoisotopic (exact) mass is 393 g/mol. The van der Waals surface area contributed by atoms with E-state index in [9.17, 15) is 5.11 Å². The van der Waals surface area contributed by atoms with E-state index in [2.05, 4.69) is 34.1 Å². The Morgan fingerprint density at radius 2 is 1.36 bits per heavy atom. The number of nitrogens with two attached hydrogens (primary N) is 3. The molecule has 0 amide bonds. The third-order valence-corrected chi connectivity index (χ3v) is 4.74. The van der Waals surface area contributed by atoms with Gasteiger partial charge >= 0.3 is 0 Å². The number of benzene rings is 1. The molecule has 0 radical (unpaired) electrons. The molecule has 0 saturated carbocycles. The summed E-state index contributed by atoms with van der Waals surface area (Å²) < 4.78 is 0. The summed E-state index contributed by atoms with van der Waals surface area (Å²) in [6, 6.07) is 10.5. The molecule has 0 bridgehead atoms. The Labute approximate surface area is 172 Å². The molecule has 28 heavy (non-hydrogen) atoms. The summed E-state index contributed by atoms with van der Waals surface area (Å²) in [5, 5.41) is 9.65. The summed E-state index contributed by atoms with van der Waals surface area (Å²) in [4.78, 5) is 4.64. The largest absolute Gasteiger partial charge is 0.509 e. The van der Waals surface area contributed by atoms with Crippen LogP contribution in [0.25, 0.3) is 0 Å². The van der Waals surface area contributed by atoms with Crippen LogP contribution < -0.4 is 22.1 Å². The maximum Gasteiger partial charge on any atom is 0.122 e. The van der Waals surface area contributed by atoms with Gasteiger partial charge in [0.05, 0.1) is 6.17 Å². The lowest BCUT2D eigenvalue weighted by atomic mass is 10.0. The van der Waals surface area contributed by atoms with Crippen molar-refractivity contribution >= 4 is 5.69 Å². The fourth-order valence-electron chi connectivity index (χ4n) is 3.51. The van der Waals surface area contributed by atoms with Crippen LogP contribution in [0.1, 0.15) is 41.5 Å². The number of para-hydroxylation sites is 1. The minimum absolute atomic E-state index is 0.0459. The molecule has 0 aromatic heterocycles. The summed E-state index contributed by atoms with van der Waals surface area (Å²) in [5.74, 6) is 1.19. The molecule has 0 spiro atoms. The number of aliphatic hydroxyl groups is 1. The number of hydrogen-bond donors (Lipinski definition) is 4. The summed E-state index contributed by atoms with van der Waals surface area (Å²) in [5.41, 5.74) is 18.3. The predicted molar refractivity (Wildman–Crippen MR) is 122 cm³/mol. The molecule has 3 unspecified atom stereocenters. The number of anilines is 1. The third kappa shape index (κ3) is 7.43. The van der Waals surface area contributed by atoms with Crippen LogP contribution in [0.15, 0.2) is 42.2 Å². The normalized spacial score (nSPS) is 22.2. The van der Waals surface area contributed by atoms with Crippen LogP contribution >= 0.6 is 0 Å². The second-order valence-electron chi connectivity index (χ2n) is 6.32. The number of nitrogens with zero attached hydrogens (tertiary/aromatic N) is 2. The van der Waals surface area contributed by atoms with Crippen LogP contribution in [0.5, 0.6) is 0 Å². The minimum Gasteiger partial charge on any atom is -0.509 e. The standard InChI is InChI=1S/C16H25N5O.3C2H6/c17-15(6-14(22)16(18)19)21-9-11-7-20(8-12(11)10-21)13-4-2-1-3-5-13;3*1-2/h1-6,11-12,15-16,22H,7-10,17-19H2;3*1-2H3/b14-6-;;;. The molecular weight excluding hydrogens is 350 g/mol. The molecule has 1 aromatic carbocycles. The first-order chi connectivity index (χ1) is 13.5. The van der Waals surface area contributed by atoms with Crippen molar-refractivity contribution < 1.29 is 5.11 Å². The highest BCUT2D eigenvalue weighted by Crippen LogP contribution is 2.34. The van der Waals surface area contributed by atoms with Gasteiger partial charge < -0.3 is 27.2 Å². The molecule has 6 heteroatoms. The van der Waals surface area contributed by atoms with Crippen LogP contribution in [0, 0.1) is 11.8 Å². The summed E-state index contributed by atoms with van der Waals surface area (Å²) in [7, 11) is 0. The van der Waals surface area contributed by atoms with E-state index in [-0.39, 0.29) is 11.9 Å². The van der Waals surface area contributed by atoms with Crippen LogP contribution in [0.2, 0.25) is 0 Å². The zero-order chi connectivity index (χ0) is 21.7. The van der Waals surface area contributed by atoms with Gasteiger partial charge in [0.1, 0.15) is 11.9 Å². The topological polar surface area (TPSA) is 105 Å². The highest BCUT2D eigenvalue weighted by molar-refractivity contribution is 5.47. The van der Waals surface area contributed by atoms with Crippen LogP contribution in [0.3, 0.4) is 0 Å². The van der Waals surface area contributed by atoms with E-state index < -0.39 is 6.17 Å². The molecule has 3 rings (SSSR count). The van der Waals surface area contributed by atoms with Gasteiger partial charge in [-0.15, -0.1) is 0 Å². The maximum absolute atomic E-state index is 9.65. The minimum atomic E-state index is -0.860. The zero-order valence-corrected chi connectivity index (χ0v) is 18.7. The van der Waals surface area contributed by atoms with Crippen molar-refractivity contribution in [3.8, 4) is 0 Å². The van der Waals surface area contributed by atoms with E-state index in [1.165, 1.54) is 5.69 Å². The lowest BCUT2D eigenvalue weighted by molar-refractivity contribution is 0.260. The second-order valence-corrected chi connectivity index (χ2v) is 6.32. The molecule has 7 N–H and O–H groups in total. The van der Waals surface area contributed by atoms with E-state index in [0.29, 0.717) is 11.8 Å². The van der Waals surface area contributed by atoms with Crippen LogP contribution in [0.4, 0.5) is 5.69 Å². The average Bonchev–Trinajstić information content (AvgIpc) is 3.32. The van der Waals surface area contributed by atoms with Crippen molar-refractivity contribution in [2.24, 2.45) is 29.0 Å². The molecule has 2 aliphatic rings. The zero-order valence-electron chi connectivity index (χ0n) is 18.7. The van der Waals surface area contributed by atoms with E-state index in [0.717, 1.165) is 26.2 Å². The smallest absolute Gasteiger partial charge is 0.122 e. The fraction of sp³-hybridized carbons (Fsp3) is 0.636. The van der Waals surface area contributed by atoms with Crippen LogP contribution in [-0.4, -0.2) is 48.5 Å². The van der Waals surface area contributed by atoms with Crippen LogP contribution in [-0.2, 0) is 0 Å². The number of rotatable bonds is 4. The molecule has 6 nitrogen and oxygen atoms in total.